The largest absolute Gasteiger partial charge is 0.444 e. The molecule has 0 aliphatic heterocycles. The normalized spacial score (nSPS) is 15.7. The van der Waals surface area contributed by atoms with Crippen LogP contribution in [0.2, 0.25) is 0 Å². The minimum atomic E-state index is -1.09. The maximum Gasteiger partial charge on any atom is 0.408 e. The molecule has 23 heavy (non-hydrogen) atoms. The van der Waals surface area contributed by atoms with Gasteiger partial charge >= 0.3 is 6.09 Å². The molecule has 0 aromatic heterocycles. The highest BCUT2D eigenvalue weighted by atomic mass is 16.7. The Kier molecular flexibility index (Phi) is 4.66. The molecule has 0 atom stereocenters. The molecule has 1 aliphatic carbocycles. The van der Waals surface area contributed by atoms with Crippen LogP contribution in [0.1, 0.15) is 31.9 Å². The molecule has 6 nitrogen and oxygen atoms in total. The first kappa shape index (κ1) is 17.3. The molecule has 2 rings (SSSR count). The third kappa shape index (κ3) is 3.82. The van der Waals surface area contributed by atoms with Gasteiger partial charge in [0.2, 0.25) is 0 Å². The number of alkyl carbamates (subject to hydrolysis) is 1. The summed E-state index contributed by atoms with van der Waals surface area (Å²) in [7, 11) is 2.95. The zero-order valence-corrected chi connectivity index (χ0v) is 14.3. The van der Waals surface area contributed by atoms with E-state index in [1.54, 1.807) is 20.8 Å². The van der Waals surface area contributed by atoms with Crippen molar-refractivity contribution in [3.05, 3.63) is 35.4 Å². The summed E-state index contributed by atoms with van der Waals surface area (Å²) in [6.07, 6.45) is 0.215. The highest BCUT2D eigenvalue weighted by molar-refractivity contribution is 5.91. The van der Waals surface area contributed by atoms with Crippen molar-refractivity contribution in [2.75, 3.05) is 14.2 Å². The average Bonchev–Trinajstić information content (AvgIpc) is 2.82. The second-order valence-corrected chi connectivity index (χ2v) is 6.82. The van der Waals surface area contributed by atoms with Crippen LogP contribution in [0.4, 0.5) is 4.79 Å². The Morgan fingerprint density at radius 1 is 1.17 bits per heavy atom. The fourth-order valence-corrected chi connectivity index (χ4v) is 2.79. The van der Waals surface area contributed by atoms with E-state index in [0.29, 0.717) is 12.8 Å². The van der Waals surface area contributed by atoms with E-state index in [9.17, 15) is 9.59 Å². The first-order valence-corrected chi connectivity index (χ1v) is 7.57. The maximum absolute atomic E-state index is 12.8. The maximum atomic E-state index is 12.8. The summed E-state index contributed by atoms with van der Waals surface area (Å²) >= 11 is 0. The van der Waals surface area contributed by atoms with Gasteiger partial charge in [0.15, 0.2) is 0 Å². The van der Waals surface area contributed by atoms with E-state index >= 15 is 0 Å². The molecule has 126 valence electrons. The number of rotatable bonds is 3. The van der Waals surface area contributed by atoms with Crippen molar-refractivity contribution in [1.29, 1.82) is 0 Å². The van der Waals surface area contributed by atoms with E-state index in [-0.39, 0.29) is 5.91 Å². The third-order valence-corrected chi connectivity index (χ3v) is 3.81. The number of fused-ring (bicyclic) bond motifs is 1. The minimum absolute atomic E-state index is 0.304. The summed E-state index contributed by atoms with van der Waals surface area (Å²) in [6.45, 7) is 5.35. The van der Waals surface area contributed by atoms with Gasteiger partial charge in [-0.2, -0.15) is 0 Å². The number of nitrogens with zero attached hydrogens (tertiary/aromatic N) is 1. The van der Waals surface area contributed by atoms with Crippen molar-refractivity contribution in [3.8, 4) is 0 Å². The number of hydroxylamine groups is 2. The number of hydrogen-bond donors (Lipinski definition) is 1. The number of ether oxygens (including phenoxy) is 1. The van der Waals surface area contributed by atoms with Gasteiger partial charge in [-0.05, 0) is 31.9 Å². The van der Waals surface area contributed by atoms with Crippen LogP contribution in [-0.2, 0) is 27.2 Å². The van der Waals surface area contributed by atoms with Crippen LogP contribution in [0.25, 0.3) is 0 Å². The lowest BCUT2D eigenvalue weighted by atomic mass is 9.94. The number of carbonyl (C=O) groups excluding carboxylic acids is 2. The summed E-state index contributed by atoms with van der Waals surface area (Å²) in [5.74, 6) is -0.304. The van der Waals surface area contributed by atoms with E-state index in [2.05, 4.69) is 5.32 Å². The van der Waals surface area contributed by atoms with Crippen molar-refractivity contribution in [2.24, 2.45) is 0 Å². The Labute approximate surface area is 136 Å². The van der Waals surface area contributed by atoms with Crippen LogP contribution in [0.15, 0.2) is 24.3 Å². The summed E-state index contributed by atoms with van der Waals surface area (Å²) < 4.78 is 5.33. The van der Waals surface area contributed by atoms with Crippen molar-refractivity contribution < 1.29 is 19.2 Å². The van der Waals surface area contributed by atoms with Gasteiger partial charge in [-0.15, -0.1) is 0 Å². The molecule has 1 aromatic rings. The topological polar surface area (TPSA) is 67.9 Å². The molecule has 0 heterocycles. The molecule has 1 N–H and O–H groups in total. The van der Waals surface area contributed by atoms with Gasteiger partial charge in [0.25, 0.3) is 5.91 Å². The highest BCUT2D eigenvalue weighted by Gasteiger charge is 2.47. The Bertz CT molecular complexity index is 582. The van der Waals surface area contributed by atoms with E-state index < -0.39 is 17.2 Å². The molecular formula is C17H24N2O4. The number of likely N-dealkylation sites (N-methyl/N-ethyl adjacent to an activating group) is 1. The minimum Gasteiger partial charge on any atom is -0.444 e. The zero-order chi connectivity index (χ0) is 17.3. The third-order valence-electron chi connectivity index (χ3n) is 3.81. The lowest BCUT2D eigenvalue weighted by Crippen LogP contribution is -2.60. The second-order valence-electron chi connectivity index (χ2n) is 6.82. The zero-order valence-electron chi connectivity index (χ0n) is 14.3. The number of hydrogen-bond acceptors (Lipinski definition) is 4. The molecule has 1 aliphatic rings. The van der Waals surface area contributed by atoms with Crippen LogP contribution in [-0.4, -0.2) is 42.4 Å². The van der Waals surface area contributed by atoms with Crippen molar-refractivity contribution >= 4 is 12.0 Å². The van der Waals surface area contributed by atoms with Crippen molar-refractivity contribution in [1.82, 2.24) is 10.4 Å². The SMILES string of the molecule is CON(C)C(=O)C1(NC(=O)OC(C)(C)C)Cc2ccccc2C1. The number of benzene rings is 1. The van der Waals surface area contributed by atoms with Crippen LogP contribution in [0, 0.1) is 0 Å². The van der Waals surface area contributed by atoms with Crippen LogP contribution >= 0.6 is 0 Å². The lowest BCUT2D eigenvalue weighted by Gasteiger charge is -2.32. The standard InChI is InChI=1S/C17H24N2O4/c1-16(2,3)23-15(21)18-17(14(20)19(4)22-5)10-12-8-6-7-9-13(12)11-17/h6-9H,10-11H2,1-5H3,(H,18,21). The molecule has 0 saturated carbocycles. The Balaban J connectivity index is 2.28. The van der Waals surface area contributed by atoms with Crippen LogP contribution in [0.3, 0.4) is 0 Å². The van der Waals surface area contributed by atoms with Gasteiger partial charge in [-0.25, -0.2) is 9.86 Å². The summed E-state index contributed by atoms with van der Waals surface area (Å²) in [5, 5.41) is 3.92. The summed E-state index contributed by atoms with van der Waals surface area (Å²) in [4.78, 5) is 30.1. The summed E-state index contributed by atoms with van der Waals surface area (Å²) in [6, 6.07) is 7.78. The highest BCUT2D eigenvalue weighted by Crippen LogP contribution is 2.32. The van der Waals surface area contributed by atoms with Gasteiger partial charge in [-0.3, -0.25) is 9.63 Å². The number of carbonyl (C=O) groups is 2. The summed E-state index contributed by atoms with van der Waals surface area (Å²) in [5.41, 5.74) is 0.367. The predicted octanol–water partition coefficient (Wildman–Crippen LogP) is 2.07. The number of nitrogens with one attached hydrogen (secondary N) is 1. The molecule has 0 fully saturated rings. The first-order valence-electron chi connectivity index (χ1n) is 7.57. The monoisotopic (exact) mass is 320 g/mol. The van der Waals surface area contributed by atoms with E-state index in [4.69, 9.17) is 9.57 Å². The lowest BCUT2D eigenvalue weighted by molar-refractivity contribution is -0.176. The van der Waals surface area contributed by atoms with E-state index in [1.165, 1.54) is 14.2 Å². The smallest absolute Gasteiger partial charge is 0.408 e. The molecule has 0 bridgehead atoms. The van der Waals surface area contributed by atoms with Gasteiger partial charge in [-0.1, -0.05) is 24.3 Å². The molecule has 0 unspecified atom stereocenters. The Morgan fingerprint density at radius 3 is 2.13 bits per heavy atom. The molecule has 6 heteroatoms. The molecular weight excluding hydrogens is 296 g/mol. The molecule has 1 aromatic carbocycles. The molecule has 0 saturated heterocycles. The Morgan fingerprint density at radius 2 is 1.70 bits per heavy atom. The number of amides is 2. The fraction of sp³-hybridized carbons (Fsp3) is 0.529. The predicted molar refractivity (Wildman–Crippen MR) is 85.7 cm³/mol. The average molecular weight is 320 g/mol. The van der Waals surface area contributed by atoms with Crippen LogP contribution in [0.5, 0.6) is 0 Å². The van der Waals surface area contributed by atoms with Gasteiger partial charge in [0.1, 0.15) is 11.1 Å². The quantitative estimate of drug-likeness (QED) is 0.866. The van der Waals surface area contributed by atoms with Gasteiger partial charge < -0.3 is 10.1 Å². The van der Waals surface area contributed by atoms with Gasteiger partial charge in [0, 0.05) is 19.9 Å². The van der Waals surface area contributed by atoms with Crippen molar-refractivity contribution in [3.63, 3.8) is 0 Å². The second kappa shape index (κ2) is 6.20. The van der Waals surface area contributed by atoms with Gasteiger partial charge in [0.05, 0.1) is 7.11 Å². The van der Waals surface area contributed by atoms with E-state index in [1.807, 2.05) is 24.3 Å². The molecule has 0 spiro atoms. The van der Waals surface area contributed by atoms with E-state index in [0.717, 1.165) is 16.2 Å². The molecule has 2 amide bonds. The van der Waals surface area contributed by atoms with Crippen LogP contribution < -0.4 is 5.32 Å². The van der Waals surface area contributed by atoms with Crippen molar-refractivity contribution in [2.45, 2.75) is 44.8 Å². The first-order chi connectivity index (χ1) is 10.7. The molecule has 0 radical (unpaired) electrons. The fourth-order valence-electron chi connectivity index (χ4n) is 2.79. The Hall–Kier alpha value is -2.08.